The Morgan fingerprint density at radius 2 is 2.00 bits per heavy atom. The van der Waals surface area contributed by atoms with Crippen LogP contribution < -0.4 is 4.90 Å². The van der Waals surface area contributed by atoms with Crippen LogP contribution in [0, 0.1) is 5.82 Å². The molecule has 1 aliphatic heterocycles. The van der Waals surface area contributed by atoms with Crippen molar-refractivity contribution in [2.24, 2.45) is 0 Å². The number of aromatic nitrogens is 2. The molecule has 118 valence electrons. The van der Waals surface area contributed by atoms with E-state index in [1.165, 1.54) is 5.69 Å². The maximum absolute atomic E-state index is 13.3. The number of H-pyrrole nitrogens is 1. The first-order valence-electron chi connectivity index (χ1n) is 7.77. The van der Waals surface area contributed by atoms with Gasteiger partial charge in [0, 0.05) is 23.2 Å². The third-order valence-electron chi connectivity index (χ3n) is 4.40. The van der Waals surface area contributed by atoms with Crippen LogP contribution in [-0.2, 0) is 0 Å². The highest BCUT2D eigenvalue weighted by atomic mass is 32.2. The molecule has 5 heteroatoms. The van der Waals surface area contributed by atoms with E-state index in [9.17, 15) is 4.39 Å². The second-order valence-corrected chi connectivity index (χ2v) is 7.04. The molecule has 2 aromatic carbocycles. The molecule has 3 nitrogen and oxygen atoms in total. The number of halogens is 1. The van der Waals surface area contributed by atoms with Crippen molar-refractivity contribution < 1.29 is 4.39 Å². The fourth-order valence-electron chi connectivity index (χ4n) is 3.28. The Morgan fingerprint density at radius 1 is 1.17 bits per heavy atom. The number of nitrogens with one attached hydrogen (secondary N) is 1. The van der Waals surface area contributed by atoms with Gasteiger partial charge in [0.25, 0.3) is 0 Å². The molecule has 0 aliphatic carbocycles. The molecule has 4 rings (SSSR count). The van der Waals surface area contributed by atoms with E-state index in [4.69, 9.17) is 0 Å². The molecule has 0 amide bonds. The molecule has 2 atom stereocenters. The lowest BCUT2D eigenvalue weighted by molar-refractivity contribution is 0.588. The van der Waals surface area contributed by atoms with E-state index in [0.29, 0.717) is 6.04 Å². The zero-order valence-electron chi connectivity index (χ0n) is 12.9. The van der Waals surface area contributed by atoms with Crippen LogP contribution in [0.15, 0.2) is 48.8 Å². The lowest BCUT2D eigenvalue weighted by Crippen LogP contribution is -2.43. The van der Waals surface area contributed by atoms with E-state index >= 15 is 0 Å². The maximum atomic E-state index is 13.3. The van der Waals surface area contributed by atoms with Crippen molar-refractivity contribution >= 4 is 28.5 Å². The summed E-state index contributed by atoms with van der Waals surface area (Å²) in [5.41, 5.74) is 4.37. The van der Waals surface area contributed by atoms with Crippen LogP contribution in [0.3, 0.4) is 0 Å². The van der Waals surface area contributed by atoms with Gasteiger partial charge in [-0.2, -0.15) is 11.8 Å². The minimum Gasteiger partial charge on any atom is -0.360 e. The molecule has 1 saturated heterocycles. The summed E-state index contributed by atoms with van der Waals surface area (Å²) >= 11 is 1.96. The van der Waals surface area contributed by atoms with Crippen LogP contribution in [-0.4, -0.2) is 27.5 Å². The molecule has 1 N–H and O–H groups in total. The van der Waals surface area contributed by atoms with Crippen LogP contribution in [0.25, 0.3) is 11.0 Å². The van der Waals surface area contributed by atoms with Crippen molar-refractivity contribution in [3.8, 4) is 0 Å². The van der Waals surface area contributed by atoms with Gasteiger partial charge in [0.05, 0.1) is 23.4 Å². The Hall–Kier alpha value is -2.01. The number of nitrogens with zero attached hydrogens (tertiary/aromatic N) is 2. The first-order valence-corrected chi connectivity index (χ1v) is 8.92. The van der Waals surface area contributed by atoms with Gasteiger partial charge in [-0.25, -0.2) is 9.37 Å². The molecule has 0 spiro atoms. The van der Waals surface area contributed by atoms with Crippen molar-refractivity contribution in [2.75, 3.05) is 16.4 Å². The van der Waals surface area contributed by atoms with Gasteiger partial charge in [-0.05, 0) is 42.8 Å². The van der Waals surface area contributed by atoms with Gasteiger partial charge in [-0.3, -0.25) is 0 Å². The summed E-state index contributed by atoms with van der Waals surface area (Å²) in [7, 11) is 0. The highest BCUT2D eigenvalue weighted by Gasteiger charge is 2.29. The molecule has 0 bridgehead atoms. The summed E-state index contributed by atoms with van der Waals surface area (Å²) in [5, 5.41) is 0. The van der Waals surface area contributed by atoms with Gasteiger partial charge >= 0.3 is 0 Å². The lowest BCUT2D eigenvalue weighted by atomic mass is 10.0. The van der Waals surface area contributed by atoms with Crippen molar-refractivity contribution in [1.29, 1.82) is 0 Å². The number of fused-ring (bicyclic) bond motifs is 1. The number of hydrogen-bond donors (Lipinski definition) is 1. The van der Waals surface area contributed by atoms with Gasteiger partial charge in [0.2, 0.25) is 0 Å². The smallest absolute Gasteiger partial charge is 0.123 e. The first kappa shape index (κ1) is 14.6. The largest absolute Gasteiger partial charge is 0.360 e. The molecule has 2 unspecified atom stereocenters. The van der Waals surface area contributed by atoms with Crippen LogP contribution in [0.2, 0.25) is 0 Å². The SMILES string of the molecule is CC1CSCC(c2ccc(F)cc2)N1c1ccc2nc[nH]c2c1. The molecule has 3 aromatic rings. The topological polar surface area (TPSA) is 31.9 Å². The van der Waals surface area contributed by atoms with Gasteiger partial charge in [0.15, 0.2) is 0 Å². The highest BCUT2D eigenvalue weighted by molar-refractivity contribution is 7.99. The fourth-order valence-corrected chi connectivity index (χ4v) is 4.49. The van der Waals surface area contributed by atoms with Gasteiger partial charge in [-0.15, -0.1) is 0 Å². The number of benzene rings is 2. The average Bonchev–Trinajstić information content (AvgIpc) is 3.03. The predicted octanol–water partition coefficient (Wildman–Crippen LogP) is 4.39. The van der Waals surface area contributed by atoms with Crippen molar-refractivity contribution in [1.82, 2.24) is 9.97 Å². The highest BCUT2D eigenvalue weighted by Crippen LogP contribution is 2.37. The second kappa shape index (κ2) is 5.89. The summed E-state index contributed by atoms with van der Waals surface area (Å²) in [4.78, 5) is 9.92. The first-order chi connectivity index (χ1) is 11.2. The predicted molar refractivity (Wildman–Crippen MR) is 94.5 cm³/mol. The number of imidazole rings is 1. The lowest BCUT2D eigenvalue weighted by Gasteiger charge is -2.42. The Labute approximate surface area is 138 Å². The monoisotopic (exact) mass is 327 g/mol. The van der Waals surface area contributed by atoms with E-state index in [1.54, 1.807) is 18.5 Å². The summed E-state index contributed by atoms with van der Waals surface area (Å²) in [6.45, 7) is 2.25. The Bertz CT molecular complexity index is 815. The standard InChI is InChI=1S/C18H18FN3S/c1-12-9-23-10-18(13-2-4-14(19)5-3-13)22(12)15-6-7-16-17(8-15)21-11-20-16/h2-8,11-12,18H,9-10H2,1H3,(H,20,21). The van der Waals surface area contributed by atoms with E-state index < -0.39 is 0 Å². The van der Waals surface area contributed by atoms with E-state index in [2.05, 4.69) is 40.0 Å². The normalized spacial score (nSPS) is 21.7. The minimum absolute atomic E-state index is 0.185. The number of anilines is 1. The second-order valence-electron chi connectivity index (χ2n) is 5.97. The van der Waals surface area contributed by atoms with Crippen LogP contribution >= 0.6 is 11.8 Å². The summed E-state index contributed by atoms with van der Waals surface area (Å²) in [6, 6.07) is 13.9. The van der Waals surface area contributed by atoms with Crippen LogP contribution in [0.4, 0.5) is 10.1 Å². The third-order valence-corrected chi connectivity index (χ3v) is 5.67. The summed E-state index contributed by atoms with van der Waals surface area (Å²) < 4.78 is 13.3. The molecular weight excluding hydrogens is 309 g/mol. The Balaban J connectivity index is 1.75. The molecule has 0 saturated carbocycles. The minimum atomic E-state index is -0.185. The molecule has 1 aromatic heterocycles. The maximum Gasteiger partial charge on any atom is 0.123 e. The molecule has 1 fully saturated rings. The molecule has 1 aliphatic rings. The van der Waals surface area contributed by atoms with Gasteiger partial charge < -0.3 is 9.88 Å². The summed E-state index contributed by atoms with van der Waals surface area (Å²) in [5.74, 6) is 1.92. The summed E-state index contributed by atoms with van der Waals surface area (Å²) in [6.07, 6.45) is 1.72. The van der Waals surface area contributed by atoms with E-state index in [1.807, 2.05) is 23.9 Å². The third kappa shape index (κ3) is 2.70. The zero-order chi connectivity index (χ0) is 15.8. The van der Waals surface area contributed by atoms with Crippen LogP contribution in [0.5, 0.6) is 0 Å². The fraction of sp³-hybridized carbons (Fsp3) is 0.278. The number of aromatic amines is 1. The van der Waals surface area contributed by atoms with Gasteiger partial charge in [-0.1, -0.05) is 12.1 Å². The molecule has 2 heterocycles. The Kier molecular flexibility index (Phi) is 3.73. The van der Waals surface area contributed by atoms with Crippen LogP contribution in [0.1, 0.15) is 18.5 Å². The van der Waals surface area contributed by atoms with Crippen molar-refractivity contribution in [2.45, 2.75) is 19.0 Å². The zero-order valence-corrected chi connectivity index (χ0v) is 13.7. The van der Waals surface area contributed by atoms with Crippen molar-refractivity contribution in [3.05, 3.63) is 60.2 Å². The quantitative estimate of drug-likeness (QED) is 0.758. The average molecular weight is 327 g/mol. The van der Waals surface area contributed by atoms with Gasteiger partial charge in [0.1, 0.15) is 5.82 Å². The van der Waals surface area contributed by atoms with Crippen molar-refractivity contribution in [3.63, 3.8) is 0 Å². The number of rotatable bonds is 2. The molecular formula is C18H18FN3S. The number of hydrogen-bond acceptors (Lipinski definition) is 3. The number of thioether (sulfide) groups is 1. The van der Waals surface area contributed by atoms with E-state index in [-0.39, 0.29) is 11.9 Å². The Morgan fingerprint density at radius 3 is 2.83 bits per heavy atom. The molecule has 0 radical (unpaired) electrons. The molecule has 23 heavy (non-hydrogen) atoms. The van der Waals surface area contributed by atoms with E-state index in [0.717, 1.165) is 28.1 Å².